The number of rotatable bonds is 3. The molecule has 1 aromatic heterocycles. The van der Waals surface area contributed by atoms with Crippen LogP contribution in [0.2, 0.25) is 10.3 Å². The van der Waals surface area contributed by atoms with Crippen molar-refractivity contribution in [3.05, 3.63) is 56.2 Å². The van der Waals surface area contributed by atoms with E-state index in [9.17, 15) is 0 Å². The SMILES string of the molecule is Cc1ccc(OCc2ccc(Cl)nc2Cl)c(Br)c1. The Bertz CT molecular complexity index is 523. The molecule has 0 aliphatic rings. The highest BCUT2D eigenvalue weighted by Gasteiger charge is 2.06. The first kappa shape index (κ1) is 13.7. The van der Waals surface area contributed by atoms with Crippen molar-refractivity contribution in [2.24, 2.45) is 0 Å². The summed E-state index contributed by atoms with van der Waals surface area (Å²) in [5.74, 6) is 0.770. The van der Waals surface area contributed by atoms with Gasteiger partial charge in [-0.25, -0.2) is 4.98 Å². The van der Waals surface area contributed by atoms with Gasteiger partial charge in [-0.3, -0.25) is 0 Å². The summed E-state index contributed by atoms with van der Waals surface area (Å²) < 4.78 is 6.60. The van der Waals surface area contributed by atoms with Crippen molar-refractivity contribution in [2.75, 3.05) is 0 Å². The minimum Gasteiger partial charge on any atom is -0.488 e. The van der Waals surface area contributed by atoms with E-state index in [0.717, 1.165) is 15.8 Å². The normalized spacial score (nSPS) is 10.4. The van der Waals surface area contributed by atoms with E-state index in [4.69, 9.17) is 27.9 Å². The zero-order valence-electron chi connectivity index (χ0n) is 9.58. The molecule has 0 saturated heterocycles. The van der Waals surface area contributed by atoms with Crippen LogP contribution in [0.3, 0.4) is 0 Å². The Kier molecular flexibility index (Phi) is 4.49. The molecule has 0 saturated carbocycles. The standard InChI is InChI=1S/C13H10BrCl2NO/c1-8-2-4-11(10(14)6-8)18-7-9-3-5-12(15)17-13(9)16/h2-6H,7H2,1H3. The lowest BCUT2D eigenvalue weighted by Gasteiger charge is -2.09. The molecule has 2 nitrogen and oxygen atoms in total. The number of nitrogens with zero attached hydrogens (tertiary/aromatic N) is 1. The highest BCUT2D eigenvalue weighted by atomic mass is 79.9. The number of hydrogen-bond acceptors (Lipinski definition) is 2. The predicted molar refractivity (Wildman–Crippen MR) is 77.5 cm³/mol. The fourth-order valence-corrected chi connectivity index (χ4v) is 2.43. The molecule has 1 aromatic carbocycles. The average molecular weight is 347 g/mol. The molecule has 0 aliphatic heterocycles. The Morgan fingerprint density at radius 1 is 1.22 bits per heavy atom. The maximum Gasteiger partial charge on any atom is 0.137 e. The Morgan fingerprint density at radius 3 is 2.67 bits per heavy atom. The largest absolute Gasteiger partial charge is 0.488 e. The Morgan fingerprint density at radius 2 is 2.00 bits per heavy atom. The number of ether oxygens (including phenoxy) is 1. The Hall–Kier alpha value is -0.770. The minimum absolute atomic E-state index is 0.352. The van der Waals surface area contributed by atoms with E-state index in [1.807, 2.05) is 25.1 Å². The lowest BCUT2D eigenvalue weighted by Crippen LogP contribution is -1.98. The van der Waals surface area contributed by atoms with Crippen LogP contribution in [0, 0.1) is 6.92 Å². The molecule has 0 amide bonds. The number of aryl methyl sites for hydroxylation is 1. The van der Waals surface area contributed by atoms with Gasteiger partial charge in [0.1, 0.15) is 22.7 Å². The summed E-state index contributed by atoms with van der Waals surface area (Å²) in [4.78, 5) is 3.96. The summed E-state index contributed by atoms with van der Waals surface area (Å²) in [6, 6.07) is 9.39. The van der Waals surface area contributed by atoms with Gasteiger partial charge in [0, 0.05) is 5.56 Å². The van der Waals surface area contributed by atoms with Gasteiger partial charge in [-0.15, -0.1) is 0 Å². The van der Waals surface area contributed by atoms with Crippen LogP contribution in [0.1, 0.15) is 11.1 Å². The zero-order valence-corrected chi connectivity index (χ0v) is 12.7. The highest BCUT2D eigenvalue weighted by Crippen LogP contribution is 2.27. The van der Waals surface area contributed by atoms with Gasteiger partial charge >= 0.3 is 0 Å². The fourth-order valence-electron chi connectivity index (χ4n) is 1.43. The van der Waals surface area contributed by atoms with Gasteiger partial charge in [0.2, 0.25) is 0 Å². The lowest BCUT2D eigenvalue weighted by atomic mass is 10.2. The molecule has 0 aliphatic carbocycles. The molecule has 94 valence electrons. The number of benzene rings is 1. The van der Waals surface area contributed by atoms with Gasteiger partial charge in [0.25, 0.3) is 0 Å². The number of hydrogen-bond donors (Lipinski definition) is 0. The summed E-state index contributed by atoms with van der Waals surface area (Å²) in [5.41, 5.74) is 1.97. The van der Waals surface area contributed by atoms with E-state index in [-0.39, 0.29) is 0 Å². The third-order valence-electron chi connectivity index (χ3n) is 2.36. The van der Waals surface area contributed by atoms with Crippen LogP contribution in [0.25, 0.3) is 0 Å². The van der Waals surface area contributed by atoms with E-state index >= 15 is 0 Å². The topological polar surface area (TPSA) is 22.1 Å². The molecule has 2 aromatic rings. The van der Waals surface area contributed by atoms with Gasteiger partial charge in [0.05, 0.1) is 4.47 Å². The lowest BCUT2D eigenvalue weighted by molar-refractivity contribution is 0.304. The smallest absolute Gasteiger partial charge is 0.137 e. The molecule has 2 rings (SSSR count). The molecule has 0 unspecified atom stereocenters. The van der Waals surface area contributed by atoms with E-state index in [1.54, 1.807) is 12.1 Å². The molecule has 0 bridgehead atoms. The second-order valence-electron chi connectivity index (χ2n) is 3.81. The van der Waals surface area contributed by atoms with Crippen molar-refractivity contribution >= 4 is 39.1 Å². The van der Waals surface area contributed by atoms with Crippen LogP contribution in [-0.4, -0.2) is 4.98 Å². The molecule has 0 N–H and O–H groups in total. The first-order valence-electron chi connectivity index (χ1n) is 5.26. The molecule has 0 fully saturated rings. The van der Waals surface area contributed by atoms with Gasteiger partial charge < -0.3 is 4.74 Å². The summed E-state index contributed by atoms with van der Waals surface area (Å²) in [6.07, 6.45) is 0. The van der Waals surface area contributed by atoms with Crippen LogP contribution >= 0.6 is 39.1 Å². The molecule has 5 heteroatoms. The average Bonchev–Trinajstić information content (AvgIpc) is 2.30. The van der Waals surface area contributed by atoms with E-state index in [0.29, 0.717) is 16.9 Å². The summed E-state index contributed by atoms with van der Waals surface area (Å²) in [7, 11) is 0. The summed E-state index contributed by atoms with van der Waals surface area (Å²) >= 11 is 15.2. The van der Waals surface area contributed by atoms with Crippen LogP contribution in [0.15, 0.2) is 34.8 Å². The van der Waals surface area contributed by atoms with E-state index in [2.05, 4.69) is 20.9 Å². The first-order valence-corrected chi connectivity index (χ1v) is 6.81. The quantitative estimate of drug-likeness (QED) is 0.726. The second-order valence-corrected chi connectivity index (χ2v) is 5.41. The van der Waals surface area contributed by atoms with Crippen LogP contribution < -0.4 is 4.74 Å². The maximum absolute atomic E-state index is 5.97. The Labute approximate surface area is 124 Å². The molecular formula is C13H10BrCl2NO. The van der Waals surface area contributed by atoms with Crippen LogP contribution in [0.5, 0.6) is 5.75 Å². The second kappa shape index (κ2) is 5.91. The van der Waals surface area contributed by atoms with Crippen molar-refractivity contribution in [2.45, 2.75) is 13.5 Å². The highest BCUT2D eigenvalue weighted by molar-refractivity contribution is 9.10. The van der Waals surface area contributed by atoms with Crippen molar-refractivity contribution < 1.29 is 4.74 Å². The van der Waals surface area contributed by atoms with Gasteiger partial charge in [-0.05, 0) is 52.7 Å². The van der Waals surface area contributed by atoms with Crippen molar-refractivity contribution in [1.29, 1.82) is 0 Å². The minimum atomic E-state index is 0.352. The molecule has 18 heavy (non-hydrogen) atoms. The van der Waals surface area contributed by atoms with Gasteiger partial charge in [-0.2, -0.15) is 0 Å². The van der Waals surface area contributed by atoms with Gasteiger partial charge in [0.15, 0.2) is 0 Å². The van der Waals surface area contributed by atoms with Crippen LogP contribution in [-0.2, 0) is 6.61 Å². The molecule has 0 atom stereocenters. The number of pyridine rings is 1. The maximum atomic E-state index is 5.97. The number of halogens is 3. The van der Waals surface area contributed by atoms with E-state index < -0.39 is 0 Å². The molecule has 0 spiro atoms. The molecule has 1 heterocycles. The number of aromatic nitrogens is 1. The zero-order chi connectivity index (χ0) is 13.1. The Balaban J connectivity index is 2.11. The van der Waals surface area contributed by atoms with Crippen LogP contribution in [0.4, 0.5) is 0 Å². The van der Waals surface area contributed by atoms with Gasteiger partial charge in [-0.1, -0.05) is 29.3 Å². The summed E-state index contributed by atoms with van der Waals surface area (Å²) in [6.45, 7) is 2.37. The monoisotopic (exact) mass is 345 g/mol. The third kappa shape index (κ3) is 3.37. The first-order chi connectivity index (χ1) is 8.56. The van der Waals surface area contributed by atoms with Crippen molar-refractivity contribution in [1.82, 2.24) is 4.98 Å². The van der Waals surface area contributed by atoms with Crippen molar-refractivity contribution in [3.8, 4) is 5.75 Å². The predicted octanol–water partition coefficient (Wildman–Crippen LogP) is 5.04. The fraction of sp³-hybridized carbons (Fsp3) is 0.154. The van der Waals surface area contributed by atoms with E-state index in [1.165, 1.54) is 5.56 Å². The third-order valence-corrected chi connectivity index (χ3v) is 3.52. The summed E-state index contributed by atoms with van der Waals surface area (Å²) in [5, 5.41) is 0.742. The molecule has 0 radical (unpaired) electrons. The molecular weight excluding hydrogens is 337 g/mol. The van der Waals surface area contributed by atoms with Crippen molar-refractivity contribution in [3.63, 3.8) is 0 Å².